The number of ether oxygens (including phenoxy) is 3. The van der Waals surface area contributed by atoms with Gasteiger partial charge in [0.25, 0.3) is 6.47 Å². The van der Waals surface area contributed by atoms with E-state index in [2.05, 4.69) is 24.8 Å². The summed E-state index contributed by atoms with van der Waals surface area (Å²) in [7, 11) is 6.04. The van der Waals surface area contributed by atoms with E-state index in [4.69, 9.17) is 95.6 Å². The summed E-state index contributed by atoms with van der Waals surface area (Å²) in [6, 6.07) is 4.30. The van der Waals surface area contributed by atoms with Crippen LogP contribution in [0, 0.1) is 11.8 Å². The molecule has 91 heavy (non-hydrogen) atoms. The number of esters is 2. The Morgan fingerprint density at radius 1 is 0.418 bits per heavy atom. The van der Waals surface area contributed by atoms with Gasteiger partial charge in [0.15, 0.2) is 0 Å². The minimum absolute atomic E-state index is 0.0433. The smallest absolute Gasteiger partial charge is 0.337 e. The van der Waals surface area contributed by atoms with E-state index in [1.807, 2.05) is 0 Å². The number of carbonyl (C=O) groups is 6. The normalized spacial score (nSPS) is 10.5. The predicted octanol–water partition coefficient (Wildman–Crippen LogP) is 2.28. The number of hydrogen-bond donors (Lipinski definition) is 19. The Hall–Kier alpha value is -3.90. The molecule has 30 heteroatoms. The van der Waals surface area contributed by atoms with Crippen LogP contribution in [0.15, 0.2) is 18.2 Å². The molecular weight excluding hydrogens is 1210 g/mol. The number of benzene rings is 1. The fraction of sp³-hybridized carbons (Fsp3) is 0.803. The molecule has 0 aromatic heterocycles. The highest BCUT2D eigenvalue weighted by Crippen LogP contribution is 2.19. The molecule has 0 aliphatic heterocycles. The van der Waals surface area contributed by atoms with Gasteiger partial charge in [-0.15, -0.1) is 0 Å². The second kappa shape index (κ2) is 94.8. The number of nitrogens with two attached hydrogens (primary N) is 14. The second-order valence-electron chi connectivity index (χ2n) is 19.9. The molecule has 0 aliphatic rings. The van der Waals surface area contributed by atoms with Gasteiger partial charge in [-0.05, 0) is 173 Å². The monoisotopic (exact) mass is 1350 g/mol. The fourth-order valence-electron chi connectivity index (χ4n) is 6.61. The van der Waals surface area contributed by atoms with E-state index in [0.717, 1.165) is 161 Å². The summed E-state index contributed by atoms with van der Waals surface area (Å²) < 4.78 is 13.7. The van der Waals surface area contributed by atoms with E-state index in [1.54, 1.807) is 21.6 Å². The lowest BCUT2D eigenvalue weighted by molar-refractivity contribution is -0.156. The van der Waals surface area contributed by atoms with Crippen LogP contribution in [0.2, 0.25) is 0 Å². The Balaban J connectivity index is -0.000000146. The topological polar surface area (TPSA) is 579 Å². The Kier molecular flexibility index (Phi) is 108. The minimum atomic E-state index is -1.41. The van der Waals surface area contributed by atoms with Crippen LogP contribution in [0.4, 0.5) is 0 Å². The average Bonchev–Trinajstić information content (AvgIpc) is 1.38. The van der Waals surface area contributed by atoms with Gasteiger partial charge in [-0.1, -0.05) is 99.1 Å². The summed E-state index contributed by atoms with van der Waals surface area (Å²) in [5.74, 6) is -5.73. The fourth-order valence-corrected chi connectivity index (χ4v) is 8.32. The third kappa shape index (κ3) is 97.3. The van der Waals surface area contributed by atoms with E-state index in [0.29, 0.717) is 18.7 Å². The second-order valence-corrected chi connectivity index (χ2v) is 22.6. The Morgan fingerprint density at radius 2 is 0.725 bits per heavy atom. The minimum Gasteiger partial charge on any atom is -0.481 e. The first-order valence-electron chi connectivity index (χ1n) is 32.4. The number of methoxy groups -OCH3 is 2. The van der Waals surface area contributed by atoms with Gasteiger partial charge in [-0.25, -0.2) is 9.59 Å². The lowest BCUT2D eigenvalue weighted by atomic mass is 9.91. The van der Waals surface area contributed by atoms with Crippen molar-refractivity contribution in [2.45, 2.75) is 161 Å². The number of hydrogen-bond acceptors (Lipinski definition) is 27. The van der Waals surface area contributed by atoms with Crippen molar-refractivity contribution in [3.63, 3.8) is 0 Å². The molecule has 1 aromatic carbocycles. The largest absolute Gasteiger partial charge is 0.481 e. The third-order valence-electron chi connectivity index (χ3n) is 11.7. The molecule has 0 heterocycles. The molecule has 33 N–H and O–H groups in total. The van der Waals surface area contributed by atoms with Gasteiger partial charge in [0.05, 0.1) is 43.6 Å². The van der Waals surface area contributed by atoms with Crippen LogP contribution in [-0.4, -0.2) is 195 Å². The van der Waals surface area contributed by atoms with Crippen molar-refractivity contribution < 1.29 is 58.3 Å². The molecule has 0 fully saturated rings. The quantitative estimate of drug-likeness (QED) is 0.0146. The molecule has 0 aliphatic carbocycles. The van der Waals surface area contributed by atoms with Crippen LogP contribution < -0.4 is 90.9 Å². The van der Waals surface area contributed by atoms with Crippen LogP contribution in [0.1, 0.15) is 181 Å². The van der Waals surface area contributed by atoms with E-state index >= 15 is 0 Å². The average molecular weight is 1350 g/mol. The highest BCUT2D eigenvalue weighted by molar-refractivity contribution is 8.76. The first-order valence-corrected chi connectivity index (χ1v) is 34.9. The first kappa shape index (κ1) is 103. The van der Waals surface area contributed by atoms with Gasteiger partial charge >= 0.3 is 29.8 Å². The van der Waals surface area contributed by atoms with Crippen molar-refractivity contribution >= 4 is 57.9 Å². The molecule has 1 aromatic rings. The van der Waals surface area contributed by atoms with Crippen molar-refractivity contribution in [2.24, 2.45) is 92.1 Å². The maximum atomic E-state index is 11.4. The zero-order valence-corrected chi connectivity index (χ0v) is 58.1. The van der Waals surface area contributed by atoms with Gasteiger partial charge < -0.3 is 120 Å². The van der Waals surface area contributed by atoms with Crippen LogP contribution in [0.5, 0.6) is 0 Å². The van der Waals surface area contributed by atoms with Gasteiger partial charge in [-0.2, -0.15) is 0 Å². The molecule has 2 atom stereocenters. The summed E-state index contributed by atoms with van der Waals surface area (Å²) in [6.07, 6.45) is 26.6. The molecule has 0 saturated carbocycles. The van der Waals surface area contributed by atoms with Gasteiger partial charge in [-0.3, -0.25) is 19.2 Å². The zero-order chi connectivity index (χ0) is 70.7. The molecule has 0 radical (unpaired) electrons. The Morgan fingerprint density at radius 3 is 1.01 bits per heavy atom. The van der Waals surface area contributed by atoms with E-state index < -0.39 is 48.1 Å². The standard InChI is InChI=1S/C12H28N2.C12H12O6.2C7H19N3.C7H10O6.C6H16N2.C4H12N2S2.C4H12N2.C2H8N2/c13-11-9-7-5-3-1-2-4-6-8-10-12-14;1-16-11(14)9-3-8(6-18-7-13)4-10(5-9)12(15)17-2;8-4-1-2-6-10-7-3-5-9;8-4-2-1-3-6-10-7-5-9;1-3(6(10)11)4(7(12)13)2-5(8)9;7-5-3-1-2-4-6-8;5-1-3-7-8-4-2-6;5-3-1-2-4-6;3-1-2-4/h1-14H2;3-5,7H,6H2,1-2H3;2*10H,1-9H2;3-4H,2H2,1H3,(H,8,9)(H,10,11)(H,12,13);1-8H2;1-6H2;1-6H2;1-4H2. The molecular formula is C61H136N16O12S2. The lowest BCUT2D eigenvalue weighted by Crippen LogP contribution is -2.29. The Labute approximate surface area is 556 Å². The van der Waals surface area contributed by atoms with Crippen LogP contribution >= 0.6 is 21.6 Å². The SMILES string of the molecule is CC(C(=O)O)C(CC(=O)O)C(=O)O.COC(=O)c1cc(COC=O)cc(C(=O)OC)c1.NCCCCCCCCCCCCN.NCCCCCCN.NCCCCCNCCN.NCCCCN.NCCCCNCCCN.NCCN.NCCSSCCN. The van der Waals surface area contributed by atoms with Gasteiger partial charge in [0, 0.05) is 50.8 Å². The molecule has 0 amide bonds. The van der Waals surface area contributed by atoms with Crippen LogP contribution in [0.25, 0.3) is 0 Å². The number of nitrogens with one attached hydrogen (secondary N) is 2. The molecule has 544 valence electrons. The zero-order valence-electron chi connectivity index (χ0n) is 56.5. The van der Waals surface area contributed by atoms with Crippen LogP contribution in [0.3, 0.4) is 0 Å². The molecule has 2 unspecified atom stereocenters. The number of carbonyl (C=O) groups excluding carboxylic acids is 3. The van der Waals surface area contributed by atoms with Gasteiger partial charge in [0.1, 0.15) is 6.61 Å². The molecule has 1 rings (SSSR count). The van der Waals surface area contributed by atoms with E-state index in [-0.39, 0.29) is 24.2 Å². The number of carboxylic acids is 3. The predicted molar refractivity (Wildman–Crippen MR) is 379 cm³/mol. The summed E-state index contributed by atoms with van der Waals surface area (Å²) in [5.41, 5.74) is 74.1. The van der Waals surface area contributed by atoms with Crippen molar-refractivity contribution in [1.29, 1.82) is 0 Å². The first-order chi connectivity index (χ1) is 43.9. The van der Waals surface area contributed by atoms with Gasteiger partial charge in [0.2, 0.25) is 0 Å². The highest BCUT2D eigenvalue weighted by Gasteiger charge is 2.31. The maximum absolute atomic E-state index is 11.4. The van der Waals surface area contributed by atoms with E-state index in [9.17, 15) is 28.8 Å². The van der Waals surface area contributed by atoms with Crippen LogP contribution in [-0.2, 0) is 40.0 Å². The maximum Gasteiger partial charge on any atom is 0.337 e. The Bertz CT molecular complexity index is 1540. The summed E-state index contributed by atoms with van der Waals surface area (Å²) in [6.45, 7) is 16.3. The third-order valence-corrected chi connectivity index (χ3v) is 14.2. The molecule has 0 spiro atoms. The van der Waals surface area contributed by atoms with Crippen molar-refractivity contribution in [3.8, 4) is 0 Å². The lowest BCUT2D eigenvalue weighted by Gasteiger charge is -2.13. The van der Waals surface area contributed by atoms with Crippen molar-refractivity contribution in [2.75, 3.05) is 144 Å². The van der Waals surface area contributed by atoms with Crippen molar-refractivity contribution in [1.82, 2.24) is 10.6 Å². The molecule has 28 nitrogen and oxygen atoms in total. The number of rotatable bonds is 49. The number of unbranched alkanes of at least 4 members (excludes halogenated alkanes) is 16. The summed E-state index contributed by atoms with van der Waals surface area (Å²) in [4.78, 5) is 64.0. The molecule has 0 saturated heterocycles. The molecule has 0 bridgehead atoms. The van der Waals surface area contributed by atoms with E-state index in [1.165, 1.54) is 136 Å². The number of aliphatic carboxylic acids is 3. The summed E-state index contributed by atoms with van der Waals surface area (Å²) in [5, 5.41) is 31.8. The summed E-state index contributed by atoms with van der Waals surface area (Å²) >= 11 is 0. The van der Waals surface area contributed by atoms with Crippen molar-refractivity contribution in [3.05, 3.63) is 34.9 Å². The number of carboxylic acid groups (broad SMARTS) is 3. The highest BCUT2D eigenvalue weighted by atomic mass is 33.1.